The summed E-state index contributed by atoms with van der Waals surface area (Å²) in [6.07, 6.45) is 1.56. The molecule has 0 aromatic carbocycles. The summed E-state index contributed by atoms with van der Waals surface area (Å²) in [6, 6.07) is -0.246. The minimum Gasteiger partial charge on any atom is -0.481 e. The lowest BCUT2D eigenvalue weighted by Gasteiger charge is -2.31. The van der Waals surface area contributed by atoms with Crippen molar-refractivity contribution in [3.05, 3.63) is 0 Å². The Bertz CT molecular complexity index is 374. The Balaban J connectivity index is 2.31. The fourth-order valence-corrected chi connectivity index (χ4v) is 2.54. The lowest BCUT2D eigenvalue weighted by molar-refractivity contribution is -0.138. The SMILES string of the molecule is CCN(CC)C(=O)CNC(=O)N1CCC(CC(=O)O)CC1. The highest BCUT2D eigenvalue weighted by Crippen LogP contribution is 2.20. The lowest BCUT2D eigenvalue weighted by Crippen LogP contribution is -2.48. The molecule has 0 spiro atoms. The first-order valence-corrected chi connectivity index (χ1v) is 7.50. The van der Waals surface area contributed by atoms with Crippen molar-refractivity contribution in [1.82, 2.24) is 15.1 Å². The van der Waals surface area contributed by atoms with Crippen LogP contribution in [0.3, 0.4) is 0 Å². The van der Waals surface area contributed by atoms with Gasteiger partial charge in [-0.1, -0.05) is 0 Å². The Morgan fingerprint density at radius 1 is 1.19 bits per heavy atom. The van der Waals surface area contributed by atoms with Gasteiger partial charge in [0.2, 0.25) is 5.91 Å². The number of piperidine rings is 1. The summed E-state index contributed by atoms with van der Waals surface area (Å²) in [7, 11) is 0. The zero-order valence-electron chi connectivity index (χ0n) is 12.8. The maximum Gasteiger partial charge on any atom is 0.317 e. The summed E-state index contributed by atoms with van der Waals surface area (Å²) in [5.41, 5.74) is 0. The molecule has 0 unspecified atom stereocenters. The van der Waals surface area contributed by atoms with Gasteiger partial charge in [-0.25, -0.2) is 4.79 Å². The molecule has 0 aromatic heterocycles. The van der Waals surface area contributed by atoms with E-state index in [1.165, 1.54) is 0 Å². The summed E-state index contributed by atoms with van der Waals surface area (Å²) in [5.74, 6) is -0.735. The molecular weight excluding hydrogens is 274 g/mol. The van der Waals surface area contributed by atoms with Gasteiger partial charge in [-0.2, -0.15) is 0 Å². The lowest BCUT2D eigenvalue weighted by atomic mass is 9.94. The molecule has 2 N–H and O–H groups in total. The third-order valence-electron chi connectivity index (χ3n) is 3.87. The number of carbonyl (C=O) groups is 3. The Kier molecular flexibility index (Phi) is 6.98. The Morgan fingerprint density at radius 2 is 1.76 bits per heavy atom. The average Bonchev–Trinajstić information content (AvgIpc) is 2.46. The third-order valence-corrected chi connectivity index (χ3v) is 3.87. The number of nitrogens with zero attached hydrogens (tertiary/aromatic N) is 2. The van der Waals surface area contributed by atoms with E-state index >= 15 is 0 Å². The van der Waals surface area contributed by atoms with Crippen LogP contribution in [-0.4, -0.2) is 65.5 Å². The van der Waals surface area contributed by atoms with E-state index in [-0.39, 0.29) is 30.8 Å². The summed E-state index contributed by atoms with van der Waals surface area (Å²) in [4.78, 5) is 37.7. The Labute approximate surface area is 125 Å². The van der Waals surface area contributed by atoms with Gasteiger partial charge in [0.1, 0.15) is 0 Å². The quantitative estimate of drug-likeness (QED) is 0.757. The van der Waals surface area contributed by atoms with E-state index in [4.69, 9.17) is 5.11 Å². The molecule has 1 rings (SSSR count). The molecule has 0 bridgehead atoms. The number of carboxylic acid groups (broad SMARTS) is 1. The normalized spacial score (nSPS) is 15.6. The first kappa shape index (κ1) is 17.3. The van der Waals surface area contributed by atoms with Crippen molar-refractivity contribution in [2.24, 2.45) is 5.92 Å². The van der Waals surface area contributed by atoms with Crippen molar-refractivity contribution < 1.29 is 19.5 Å². The molecule has 1 aliphatic heterocycles. The van der Waals surface area contributed by atoms with Crippen LogP contribution >= 0.6 is 0 Å². The number of aliphatic carboxylic acids is 1. The highest BCUT2D eigenvalue weighted by molar-refractivity contribution is 5.84. The van der Waals surface area contributed by atoms with Crippen molar-refractivity contribution in [2.45, 2.75) is 33.1 Å². The molecule has 1 aliphatic rings. The Morgan fingerprint density at radius 3 is 2.24 bits per heavy atom. The van der Waals surface area contributed by atoms with Gasteiger partial charge in [0, 0.05) is 32.6 Å². The highest BCUT2D eigenvalue weighted by atomic mass is 16.4. The third kappa shape index (κ3) is 5.61. The number of carbonyl (C=O) groups excluding carboxylic acids is 2. The van der Waals surface area contributed by atoms with Gasteiger partial charge < -0.3 is 20.2 Å². The number of hydrogen-bond donors (Lipinski definition) is 2. The molecule has 0 aromatic rings. The molecule has 7 nitrogen and oxygen atoms in total. The van der Waals surface area contributed by atoms with Gasteiger partial charge >= 0.3 is 12.0 Å². The predicted octanol–water partition coefficient (Wildman–Crippen LogP) is 0.751. The minimum atomic E-state index is -0.789. The zero-order chi connectivity index (χ0) is 15.8. The molecule has 0 radical (unpaired) electrons. The summed E-state index contributed by atoms with van der Waals surface area (Å²) in [5, 5.41) is 11.4. The highest BCUT2D eigenvalue weighted by Gasteiger charge is 2.24. The van der Waals surface area contributed by atoms with Crippen molar-refractivity contribution in [2.75, 3.05) is 32.7 Å². The van der Waals surface area contributed by atoms with Gasteiger partial charge in [0.05, 0.1) is 6.54 Å². The summed E-state index contributed by atoms with van der Waals surface area (Å²) in [6.45, 7) is 6.16. The van der Waals surface area contributed by atoms with Crippen molar-refractivity contribution >= 4 is 17.9 Å². The van der Waals surface area contributed by atoms with E-state index in [0.717, 1.165) is 0 Å². The predicted molar refractivity (Wildman–Crippen MR) is 77.9 cm³/mol. The van der Waals surface area contributed by atoms with Crippen LogP contribution in [0.4, 0.5) is 4.79 Å². The van der Waals surface area contributed by atoms with Gasteiger partial charge in [0.25, 0.3) is 0 Å². The molecule has 1 fully saturated rings. The van der Waals surface area contributed by atoms with E-state index in [9.17, 15) is 14.4 Å². The largest absolute Gasteiger partial charge is 0.481 e. The van der Waals surface area contributed by atoms with Crippen LogP contribution in [0.15, 0.2) is 0 Å². The Hall–Kier alpha value is -1.79. The van der Waals surface area contributed by atoms with Gasteiger partial charge in [0.15, 0.2) is 0 Å². The molecule has 1 saturated heterocycles. The standard InChI is InChI=1S/C14H25N3O4/c1-3-16(4-2)12(18)10-15-14(21)17-7-5-11(6-8-17)9-13(19)20/h11H,3-10H2,1-2H3,(H,15,21)(H,19,20). The maximum absolute atomic E-state index is 12.0. The first-order chi connectivity index (χ1) is 9.97. The van der Waals surface area contributed by atoms with Crippen LogP contribution in [0.25, 0.3) is 0 Å². The number of likely N-dealkylation sites (N-methyl/N-ethyl adjacent to an activating group) is 1. The maximum atomic E-state index is 12.0. The van der Waals surface area contributed by atoms with Crippen molar-refractivity contribution in [3.63, 3.8) is 0 Å². The zero-order valence-corrected chi connectivity index (χ0v) is 12.8. The van der Waals surface area contributed by atoms with Gasteiger partial charge in [-0.05, 0) is 32.6 Å². The van der Waals surface area contributed by atoms with E-state index in [1.807, 2.05) is 13.8 Å². The molecule has 0 atom stereocenters. The van der Waals surface area contributed by atoms with Crippen LogP contribution in [0.2, 0.25) is 0 Å². The second-order valence-electron chi connectivity index (χ2n) is 5.25. The monoisotopic (exact) mass is 299 g/mol. The van der Waals surface area contributed by atoms with E-state index in [1.54, 1.807) is 9.80 Å². The molecule has 21 heavy (non-hydrogen) atoms. The van der Waals surface area contributed by atoms with Crippen LogP contribution in [0.5, 0.6) is 0 Å². The summed E-state index contributed by atoms with van der Waals surface area (Å²) < 4.78 is 0. The second-order valence-corrected chi connectivity index (χ2v) is 5.25. The molecule has 0 saturated carbocycles. The number of urea groups is 1. The fourth-order valence-electron chi connectivity index (χ4n) is 2.54. The van der Waals surface area contributed by atoms with Gasteiger partial charge in [-0.15, -0.1) is 0 Å². The molecule has 7 heteroatoms. The number of carboxylic acids is 1. The van der Waals surface area contributed by atoms with Crippen LogP contribution in [0.1, 0.15) is 33.1 Å². The fraction of sp³-hybridized carbons (Fsp3) is 0.786. The van der Waals surface area contributed by atoms with Crippen molar-refractivity contribution in [3.8, 4) is 0 Å². The first-order valence-electron chi connectivity index (χ1n) is 7.50. The van der Waals surface area contributed by atoms with E-state index < -0.39 is 5.97 Å². The van der Waals surface area contributed by atoms with Crippen LogP contribution in [0, 0.1) is 5.92 Å². The summed E-state index contributed by atoms with van der Waals surface area (Å²) >= 11 is 0. The second kappa shape index (κ2) is 8.49. The molecular formula is C14H25N3O4. The number of nitrogens with one attached hydrogen (secondary N) is 1. The topological polar surface area (TPSA) is 90.0 Å². The van der Waals surface area contributed by atoms with Gasteiger partial charge in [-0.3, -0.25) is 9.59 Å². The van der Waals surface area contributed by atoms with E-state index in [0.29, 0.717) is 39.0 Å². The molecule has 3 amide bonds. The average molecular weight is 299 g/mol. The smallest absolute Gasteiger partial charge is 0.317 e. The molecule has 1 heterocycles. The number of hydrogen-bond acceptors (Lipinski definition) is 3. The number of rotatable bonds is 6. The van der Waals surface area contributed by atoms with Crippen LogP contribution in [-0.2, 0) is 9.59 Å². The molecule has 0 aliphatic carbocycles. The number of likely N-dealkylation sites (tertiary alicyclic amines) is 1. The number of amides is 3. The van der Waals surface area contributed by atoms with Crippen molar-refractivity contribution in [1.29, 1.82) is 0 Å². The molecule has 120 valence electrons. The van der Waals surface area contributed by atoms with Crippen LogP contribution < -0.4 is 5.32 Å². The van der Waals surface area contributed by atoms with E-state index in [2.05, 4.69) is 5.32 Å². The minimum absolute atomic E-state index is 0.00949.